The van der Waals surface area contributed by atoms with Gasteiger partial charge in [0.2, 0.25) is 0 Å². The fraction of sp³-hybridized carbons (Fsp3) is 0.735. The Morgan fingerprint density at radius 2 is 0.606 bits per heavy atom. The van der Waals surface area contributed by atoms with Crippen molar-refractivity contribution in [3.8, 4) is 0 Å². The van der Waals surface area contributed by atoms with Gasteiger partial charge in [-0.25, -0.2) is 0 Å². The molecule has 0 fully saturated rings. The summed E-state index contributed by atoms with van der Waals surface area (Å²) < 4.78 is 0. The summed E-state index contributed by atoms with van der Waals surface area (Å²) in [6.45, 7) is 6.88. The Kier molecular flexibility index (Phi) is 50.8. The number of unbranched alkanes of at least 4 members (excludes halogenated alkanes) is 39. The topological polar surface area (TPSA) is 24.7 Å². The number of aliphatic imine (C=N–C) groups is 2. The van der Waals surface area contributed by atoms with Crippen LogP contribution in [0.5, 0.6) is 0 Å². The van der Waals surface area contributed by atoms with Gasteiger partial charge in [-0.3, -0.25) is 9.98 Å². The van der Waals surface area contributed by atoms with E-state index in [4.69, 9.17) is 9.98 Å². The van der Waals surface area contributed by atoms with Gasteiger partial charge in [0.15, 0.2) is 0 Å². The molecule has 0 radical (unpaired) electrons. The molecule has 0 saturated heterocycles. The van der Waals surface area contributed by atoms with Gasteiger partial charge >= 0.3 is 0 Å². The maximum atomic E-state index is 5.25. The maximum absolute atomic E-state index is 5.25. The van der Waals surface area contributed by atoms with E-state index in [1.165, 1.54) is 268 Å². The van der Waals surface area contributed by atoms with Crippen molar-refractivity contribution in [3.63, 3.8) is 0 Å². The smallest absolute Gasteiger partial charge is 0.0665 e. The predicted octanol–water partition coefficient (Wildman–Crippen LogP) is 24.0. The van der Waals surface area contributed by atoms with Crippen LogP contribution in [-0.4, -0.2) is 11.9 Å². The first kappa shape index (κ1) is 66.8. The fourth-order valence-corrected chi connectivity index (χ4v) is 10.1. The monoisotopic (exact) mass is 1020 g/mol. The first-order valence-corrected chi connectivity index (χ1v) is 31.4. The van der Waals surface area contributed by atoms with Crippen LogP contribution in [0.2, 0.25) is 0 Å². The summed E-state index contributed by atoms with van der Waals surface area (Å²) >= 11 is 0. The Morgan fingerprint density at radius 3 is 0.958 bits per heavy atom. The minimum atomic E-state index is 0. The van der Waals surface area contributed by atoms with Gasteiger partial charge in [0.25, 0.3) is 0 Å². The Hall–Kier alpha value is -2.25. The molecule has 0 aromatic heterocycles. The van der Waals surface area contributed by atoms with Gasteiger partial charge in [0, 0.05) is 22.7 Å². The zero-order chi connectivity index (χ0) is 49.7. The summed E-state index contributed by atoms with van der Waals surface area (Å²) in [5.41, 5.74) is 6.01. The van der Waals surface area contributed by atoms with Gasteiger partial charge in [-0.05, 0) is 100 Å². The Labute approximate surface area is 453 Å². The number of benzene rings is 2. The molecule has 0 heterocycles. The van der Waals surface area contributed by atoms with Crippen LogP contribution in [0.15, 0.2) is 82.8 Å². The minimum Gasteiger partial charge on any atom is -0.255 e. The molecule has 0 aliphatic heterocycles. The number of hydrogen-bond acceptors (Lipinski definition) is 2. The summed E-state index contributed by atoms with van der Waals surface area (Å²) in [6.07, 6.45) is 76.1. The van der Waals surface area contributed by atoms with Gasteiger partial charge in [0.1, 0.15) is 0 Å². The molecule has 0 unspecified atom stereocenters. The van der Waals surface area contributed by atoms with Gasteiger partial charge in [-0.1, -0.05) is 306 Å². The summed E-state index contributed by atoms with van der Waals surface area (Å²) in [5.74, 6) is 0. The number of para-hydroxylation sites is 2. The molecule has 0 N–H and O–H groups in total. The zero-order valence-electron chi connectivity index (χ0n) is 47.5. The van der Waals surface area contributed by atoms with Crippen LogP contribution in [0.25, 0.3) is 0 Å². The number of nitrogens with zero attached hydrogens (tertiary/aromatic N) is 2. The van der Waals surface area contributed by atoms with Crippen molar-refractivity contribution in [3.05, 3.63) is 84.0 Å². The van der Waals surface area contributed by atoms with Crippen molar-refractivity contribution in [2.45, 2.75) is 323 Å². The third-order valence-corrected chi connectivity index (χ3v) is 14.8. The van der Waals surface area contributed by atoms with Crippen LogP contribution in [0.4, 0.5) is 11.4 Å². The van der Waals surface area contributed by atoms with E-state index in [1.807, 2.05) is 0 Å². The molecule has 0 amide bonds. The maximum Gasteiger partial charge on any atom is 0.0665 e. The third kappa shape index (κ3) is 42.8. The van der Waals surface area contributed by atoms with Crippen LogP contribution >= 0.6 is 0 Å². The molecule has 2 aromatic rings. The van der Waals surface area contributed by atoms with Crippen molar-refractivity contribution >= 4 is 23.3 Å². The van der Waals surface area contributed by atoms with E-state index in [2.05, 4.69) is 99.8 Å². The second-order valence-corrected chi connectivity index (χ2v) is 21.5. The van der Waals surface area contributed by atoms with Crippen LogP contribution in [0.1, 0.15) is 321 Å². The molecule has 2 aromatic carbocycles. The van der Waals surface area contributed by atoms with Crippen LogP contribution in [0, 0.1) is 0 Å². The van der Waals surface area contributed by atoms with E-state index in [9.17, 15) is 0 Å². The molecule has 0 bridgehead atoms. The van der Waals surface area contributed by atoms with Gasteiger partial charge in [-0.2, -0.15) is 0 Å². The summed E-state index contributed by atoms with van der Waals surface area (Å²) in [4.78, 5) is 10.3. The van der Waals surface area contributed by atoms with Gasteiger partial charge in [-0.15, -0.1) is 0 Å². The molecule has 71 heavy (non-hydrogen) atoms. The molecule has 2 nitrogen and oxygen atoms in total. The molecule has 0 spiro atoms. The van der Waals surface area contributed by atoms with Crippen molar-refractivity contribution in [1.82, 2.24) is 0 Å². The quantitative estimate of drug-likeness (QED) is 0.0273. The second-order valence-electron chi connectivity index (χ2n) is 21.5. The molecule has 0 saturated carbocycles. The first-order valence-electron chi connectivity index (χ1n) is 31.4. The van der Waals surface area contributed by atoms with Crippen molar-refractivity contribution < 1.29 is 16.5 Å². The molecule has 3 heteroatoms. The number of rotatable bonds is 52. The number of aryl methyl sites for hydroxylation is 2. The average Bonchev–Trinajstić information content (AvgIpc) is 3.38. The summed E-state index contributed by atoms with van der Waals surface area (Å²) in [7, 11) is 0. The van der Waals surface area contributed by atoms with E-state index >= 15 is 0 Å². The largest absolute Gasteiger partial charge is 0.255 e. The van der Waals surface area contributed by atoms with Crippen LogP contribution in [0.3, 0.4) is 0 Å². The Balaban J connectivity index is 0.0000252. The Bertz CT molecular complexity index is 1520. The standard InChI is InChI=1S/C68H116N2.Ni/c1-4-7-10-12-14-16-18-20-22-24-26-28-30-32-34-36-38-40-42-44-46-48-50-56-64-58-52-54-61-67(64)69-63-66(60-9-6-3)70-68-62-55-53-59-65(68)57-51-49-47-45-43-41-39-37-35-33-31-29-27-25-23-21-19-17-15-13-11-8-5-2;/h44-47,52-55,58-59,61-63H,4-43,48-51,56-57,60H2,1-3H3;/b46-44+,47-45+,69-63?,70-66?;. The SMILES string of the molecule is CCCCCCCCCCCCCCCCCCCC/C=C/CCCc1ccccc1N=CC(CCCC)=Nc1ccccc1CCC/C=C/CCCCCCCCCCCCCCCCCCCC.[Ni]. The van der Waals surface area contributed by atoms with Gasteiger partial charge in [0.05, 0.1) is 17.1 Å². The minimum absolute atomic E-state index is 0. The average molecular weight is 1020 g/mol. The normalized spacial score (nSPS) is 12.1. The van der Waals surface area contributed by atoms with Crippen LogP contribution in [-0.2, 0) is 29.3 Å². The molecule has 0 aliphatic rings. The van der Waals surface area contributed by atoms with E-state index in [0.717, 1.165) is 62.0 Å². The summed E-state index contributed by atoms with van der Waals surface area (Å²) in [6, 6.07) is 17.5. The summed E-state index contributed by atoms with van der Waals surface area (Å²) in [5, 5.41) is 0. The molecule has 0 atom stereocenters. The van der Waals surface area contributed by atoms with Crippen molar-refractivity contribution in [2.75, 3.05) is 0 Å². The number of hydrogen-bond donors (Lipinski definition) is 0. The molecule has 2 rings (SSSR count). The molecular formula is C68H116N2Ni. The Morgan fingerprint density at radius 1 is 0.324 bits per heavy atom. The van der Waals surface area contributed by atoms with E-state index in [1.54, 1.807) is 0 Å². The fourth-order valence-electron chi connectivity index (χ4n) is 10.1. The van der Waals surface area contributed by atoms with E-state index < -0.39 is 0 Å². The van der Waals surface area contributed by atoms with E-state index in [-0.39, 0.29) is 16.5 Å². The third-order valence-electron chi connectivity index (χ3n) is 14.8. The molecule has 0 aliphatic carbocycles. The van der Waals surface area contributed by atoms with Crippen molar-refractivity contribution in [1.29, 1.82) is 0 Å². The molecule has 408 valence electrons. The zero-order valence-corrected chi connectivity index (χ0v) is 48.4. The van der Waals surface area contributed by atoms with Gasteiger partial charge < -0.3 is 0 Å². The van der Waals surface area contributed by atoms with E-state index in [0.29, 0.717) is 0 Å². The predicted molar refractivity (Wildman–Crippen MR) is 319 cm³/mol. The van der Waals surface area contributed by atoms with Crippen molar-refractivity contribution in [2.24, 2.45) is 9.98 Å². The van der Waals surface area contributed by atoms with Crippen LogP contribution < -0.4 is 0 Å². The first-order chi connectivity index (χ1) is 34.8. The molecular weight excluding hydrogens is 903 g/mol. The second kappa shape index (κ2) is 54.0. The number of allylic oxidation sites excluding steroid dienone is 4.